The number of amides is 1. The topological polar surface area (TPSA) is 66.9 Å². The standard InChI is InChI=1S/C26H27FN2O4S/c1-18-4-9-24(10-5-18)29(20(3)30)16-21-7-11-25-22(14-21)17-28(12-13-33-25)34(31,32)26-15-23(27)8-6-19(26)2/h4-11,14-15H,12-13,16-17H2,1-3H3. The highest BCUT2D eigenvalue weighted by molar-refractivity contribution is 7.89. The number of nitrogens with zero attached hydrogens (tertiary/aromatic N) is 2. The highest BCUT2D eigenvalue weighted by Crippen LogP contribution is 2.30. The first kappa shape index (κ1) is 23.9. The Morgan fingerprint density at radius 1 is 1.06 bits per heavy atom. The van der Waals surface area contributed by atoms with Crippen LogP contribution in [-0.4, -0.2) is 31.8 Å². The number of aryl methyl sites for hydroxylation is 2. The van der Waals surface area contributed by atoms with Gasteiger partial charge in [-0.1, -0.05) is 29.8 Å². The SMILES string of the molecule is CC(=O)N(Cc1ccc2c(c1)CN(S(=O)(=O)c1cc(F)ccc1C)CCO2)c1ccc(C)cc1. The molecule has 0 atom stereocenters. The van der Waals surface area contributed by atoms with E-state index in [1.54, 1.807) is 11.8 Å². The molecular weight excluding hydrogens is 455 g/mol. The molecular formula is C26H27FN2O4S. The summed E-state index contributed by atoms with van der Waals surface area (Å²) < 4.78 is 47.6. The molecule has 178 valence electrons. The normalized spacial score (nSPS) is 14.1. The minimum Gasteiger partial charge on any atom is -0.492 e. The van der Waals surface area contributed by atoms with Gasteiger partial charge in [-0.15, -0.1) is 0 Å². The van der Waals surface area contributed by atoms with Gasteiger partial charge in [0.15, 0.2) is 0 Å². The molecule has 3 aromatic rings. The summed E-state index contributed by atoms with van der Waals surface area (Å²) in [5, 5.41) is 0. The van der Waals surface area contributed by atoms with Crippen LogP contribution in [0.2, 0.25) is 0 Å². The number of fused-ring (bicyclic) bond motifs is 1. The summed E-state index contributed by atoms with van der Waals surface area (Å²) in [6, 6.07) is 17.0. The average molecular weight is 483 g/mol. The molecule has 0 saturated carbocycles. The molecule has 4 rings (SSSR count). The van der Waals surface area contributed by atoms with E-state index in [9.17, 15) is 17.6 Å². The second-order valence-electron chi connectivity index (χ2n) is 8.48. The fraction of sp³-hybridized carbons (Fsp3) is 0.269. The number of hydrogen-bond donors (Lipinski definition) is 0. The van der Waals surface area contributed by atoms with Crippen LogP contribution < -0.4 is 9.64 Å². The summed E-state index contributed by atoms with van der Waals surface area (Å²) in [5.74, 6) is -0.0960. The molecule has 1 aliphatic heterocycles. The van der Waals surface area contributed by atoms with Crippen LogP contribution in [0.1, 0.15) is 29.2 Å². The first-order valence-electron chi connectivity index (χ1n) is 11.0. The molecule has 8 heteroatoms. The maximum atomic E-state index is 13.8. The zero-order valence-corrected chi connectivity index (χ0v) is 20.2. The van der Waals surface area contributed by atoms with E-state index in [-0.39, 0.29) is 30.5 Å². The lowest BCUT2D eigenvalue weighted by atomic mass is 10.1. The predicted octanol–water partition coefficient (Wildman–Crippen LogP) is 4.58. The van der Waals surface area contributed by atoms with E-state index < -0.39 is 15.8 Å². The lowest BCUT2D eigenvalue weighted by Gasteiger charge is -2.23. The van der Waals surface area contributed by atoms with E-state index in [1.165, 1.54) is 23.4 Å². The Balaban J connectivity index is 1.63. The molecule has 0 bridgehead atoms. The summed E-state index contributed by atoms with van der Waals surface area (Å²) in [5.41, 5.74) is 3.91. The quantitative estimate of drug-likeness (QED) is 0.534. The molecule has 0 N–H and O–H groups in total. The van der Waals surface area contributed by atoms with Gasteiger partial charge in [-0.25, -0.2) is 12.8 Å². The van der Waals surface area contributed by atoms with Crippen LogP contribution in [0.4, 0.5) is 10.1 Å². The second kappa shape index (κ2) is 9.56. The first-order valence-corrected chi connectivity index (χ1v) is 12.4. The van der Waals surface area contributed by atoms with Crippen LogP contribution in [0, 0.1) is 19.7 Å². The lowest BCUT2D eigenvalue weighted by molar-refractivity contribution is -0.116. The number of carbonyl (C=O) groups excluding carboxylic acids is 1. The molecule has 0 aromatic heterocycles. The van der Waals surface area contributed by atoms with Crippen molar-refractivity contribution in [1.82, 2.24) is 4.31 Å². The Bertz CT molecular complexity index is 1320. The van der Waals surface area contributed by atoms with Gasteiger partial charge >= 0.3 is 0 Å². The summed E-state index contributed by atoms with van der Waals surface area (Å²) in [6.45, 7) is 5.90. The van der Waals surface area contributed by atoms with Gasteiger partial charge in [0.25, 0.3) is 0 Å². The van der Waals surface area contributed by atoms with E-state index in [2.05, 4.69) is 0 Å². The minimum atomic E-state index is -3.93. The first-order chi connectivity index (χ1) is 16.1. The number of carbonyl (C=O) groups is 1. The maximum Gasteiger partial charge on any atom is 0.243 e. The maximum absolute atomic E-state index is 13.8. The summed E-state index contributed by atoms with van der Waals surface area (Å²) in [6.07, 6.45) is 0. The molecule has 0 unspecified atom stereocenters. The molecule has 0 radical (unpaired) electrons. The second-order valence-corrected chi connectivity index (χ2v) is 10.4. The van der Waals surface area contributed by atoms with E-state index in [1.807, 2.05) is 49.4 Å². The number of halogens is 1. The van der Waals surface area contributed by atoms with E-state index in [0.717, 1.165) is 22.9 Å². The largest absolute Gasteiger partial charge is 0.492 e. The molecule has 3 aromatic carbocycles. The lowest BCUT2D eigenvalue weighted by Crippen LogP contribution is -2.33. The van der Waals surface area contributed by atoms with Crippen molar-refractivity contribution >= 4 is 21.6 Å². The summed E-state index contributed by atoms with van der Waals surface area (Å²) in [4.78, 5) is 14.0. The minimum absolute atomic E-state index is 0.0470. The zero-order chi connectivity index (χ0) is 24.5. The molecule has 1 heterocycles. The van der Waals surface area contributed by atoms with Crippen molar-refractivity contribution in [2.45, 2.75) is 38.8 Å². The van der Waals surface area contributed by atoms with Crippen LogP contribution in [0.5, 0.6) is 5.75 Å². The number of benzene rings is 3. The number of ether oxygens (including phenoxy) is 1. The molecule has 1 aliphatic rings. The van der Waals surface area contributed by atoms with Gasteiger partial charge in [0.05, 0.1) is 11.4 Å². The molecule has 0 saturated heterocycles. The number of hydrogen-bond acceptors (Lipinski definition) is 4. The highest BCUT2D eigenvalue weighted by atomic mass is 32.2. The number of rotatable bonds is 5. The van der Waals surface area contributed by atoms with Gasteiger partial charge in [0, 0.05) is 31.3 Å². The van der Waals surface area contributed by atoms with Crippen LogP contribution in [0.15, 0.2) is 65.6 Å². The van der Waals surface area contributed by atoms with Crippen LogP contribution in [0.25, 0.3) is 0 Å². The Hall–Kier alpha value is -3.23. The van der Waals surface area contributed by atoms with Crippen molar-refractivity contribution < 1.29 is 22.3 Å². The molecule has 1 amide bonds. The Kier molecular flexibility index (Phi) is 6.72. The fourth-order valence-corrected chi connectivity index (χ4v) is 5.65. The van der Waals surface area contributed by atoms with Crippen molar-refractivity contribution in [2.75, 3.05) is 18.1 Å². The molecule has 0 fully saturated rings. The molecule has 0 spiro atoms. The monoisotopic (exact) mass is 482 g/mol. The summed E-state index contributed by atoms with van der Waals surface area (Å²) in [7, 11) is -3.93. The van der Waals surface area contributed by atoms with Gasteiger partial charge in [-0.05, 0) is 61.4 Å². The highest BCUT2D eigenvalue weighted by Gasteiger charge is 2.29. The van der Waals surface area contributed by atoms with Crippen LogP contribution >= 0.6 is 0 Å². The average Bonchev–Trinajstić information content (AvgIpc) is 3.02. The smallest absolute Gasteiger partial charge is 0.243 e. The Labute approximate surface area is 199 Å². The van der Waals surface area contributed by atoms with Gasteiger partial charge in [0.2, 0.25) is 15.9 Å². The predicted molar refractivity (Wildman–Crippen MR) is 129 cm³/mol. The number of anilines is 1. The Morgan fingerprint density at radius 2 is 1.79 bits per heavy atom. The van der Waals surface area contributed by atoms with Crippen LogP contribution in [0.3, 0.4) is 0 Å². The van der Waals surface area contributed by atoms with Crippen molar-refractivity contribution in [3.05, 3.63) is 88.7 Å². The zero-order valence-electron chi connectivity index (χ0n) is 19.4. The fourth-order valence-electron chi connectivity index (χ4n) is 4.01. The van der Waals surface area contributed by atoms with Crippen LogP contribution in [-0.2, 0) is 27.9 Å². The van der Waals surface area contributed by atoms with E-state index in [4.69, 9.17) is 4.74 Å². The van der Waals surface area contributed by atoms with Crippen molar-refractivity contribution in [1.29, 1.82) is 0 Å². The van der Waals surface area contributed by atoms with Gasteiger partial charge in [0.1, 0.15) is 18.2 Å². The third kappa shape index (κ3) is 4.98. The van der Waals surface area contributed by atoms with E-state index in [0.29, 0.717) is 23.4 Å². The van der Waals surface area contributed by atoms with Crippen molar-refractivity contribution in [3.8, 4) is 5.75 Å². The van der Waals surface area contributed by atoms with Gasteiger partial charge < -0.3 is 9.64 Å². The molecule has 6 nitrogen and oxygen atoms in total. The van der Waals surface area contributed by atoms with Gasteiger partial charge in [-0.2, -0.15) is 4.31 Å². The third-order valence-corrected chi connectivity index (χ3v) is 7.89. The van der Waals surface area contributed by atoms with Crippen molar-refractivity contribution in [3.63, 3.8) is 0 Å². The van der Waals surface area contributed by atoms with Crippen molar-refractivity contribution in [2.24, 2.45) is 0 Å². The third-order valence-electron chi connectivity index (χ3n) is 5.90. The summed E-state index contributed by atoms with van der Waals surface area (Å²) >= 11 is 0. The van der Waals surface area contributed by atoms with E-state index >= 15 is 0 Å². The number of sulfonamides is 1. The van der Waals surface area contributed by atoms with Gasteiger partial charge in [-0.3, -0.25) is 4.79 Å². The Morgan fingerprint density at radius 3 is 2.50 bits per heavy atom. The molecule has 0 aliphatic carbocycles. The molecule has 34 heavy (non-hydrogen) atoms.